The normalized spacial score (nSPS) is 10.4. The van der Waals surface area contributed by atoms with Gasteiger partial charge in [-0.2, -0.15) is 4.80 Å². The highest BCUT2D eigenvalue weighted by atomic mass is 16.5. The van der Waals surface area contributed by atoms with Gasteiger partial charge in [0, 0.05) is 11.8 Å². The van der Waals surface area contributed by atoms with Gasteiger partial charge in [-0.1, -0.05) is 6.07 Å². The van der Waals surface area contributed by atoms with Crippen molar-refractivity contribution in [3.63, 3.8) is 0 Å². The topological polar surface area (TPSA) is 94.8 Å². The van der Waals surface area contributed by atoms with E-state index in [1.165, 1.54) is 4.80 Å². The average molecular weight is 324 g/mol. The molecule has 0 unspecified atom stereocenters. The van der Waals surface area contributed by atoms with Crippen LogP contribution in [0.25, 0.3) is 11.4 Å². The number of hydrogen-bond acceptors (Lipinski definition) is 6. The van der Waals surface area contributed by atoms with Gasteiger partial charge in [0.15, 0.2) is 6.61 Å². The zero-order valence-electron chi connectivity index (χ0n) is 13.1. The number of ether oxygens (including phenoxy) is 1. The minimum Gasteiger partial charge on any atom is -0.484 e. The number of rotatable bonds is 6. The summed E-state index contributed by atoms with van der Waals surface area (Å²) in [6.45, 7) is 0.315. The van der Waals surface area contributed by atoms with Gasteiger partial charge >= 0.3 is 0 Å². The van der Waals surface area contributed by atoms with Gasteiger partial charge in [0.05, 0.1) is 19.3 Å². The summed E-state index contributed by atoms with van der Waals surface area (Å²) in [4.78, 5) is 17.3. The third kappa shape index (κ3) is 4.13. The molecule has 0 bridgehead atoms. The second-order valence-electron chi connectivity index (χ2n) is 5.01. The number of carbonyl (C=O) groups excluding carboxylic acids is 1. The maximum atomic E-state index is 11.8. The Balaban J connectivity index is 1.48. The molecular formula is C16H16N6O2. The number of hydrogen-bond donors (Lipinski definition) is 1. The first-order valence-corrected chi connectivity index (χ1v) is 7.34. The summed E-state index contributed by atoms with van der Waals surface area (Å²) in [6, 6.07) is 12.7. The maximum absolute atomic E-state index is 11.8. The molecule has 0 aliphatic heterocycles. The molecule has 122 valence electrons. The predicted octanol–water partition coefficient (Wildman–Crippen LogP) is 0.967. The van der Waals surface area contributed by atoms with E-state index >= 15 is 0 Å². The molecule has 0 saturated heterocycles. The molecule has 1 N–H and O–H groups in total. The zero-order valence-corrected chi connectivity index (χ0v) is 13.1. The van der Waals surface area contributed by atoms with E-state index in [0.717, 1.165) is 11.3 Å². The first-order valence-electron chi connectivity index (χ1n) is 7.34. The number of benzene rings is 1. The van der Waals surface area contributed by atoms with Crippen molar-refractivity contribution in [1.82, 2.24) is 30.5 Å². The van der Waals surface area contributed by atoms with E-state index in [4.69, 9.17) is 4.74 Å². The molecule has 8 heteroatoms. The monoisotopic (exact) mass is 324 g/mol. The summed E-state index contributed by atoms with van der Waals surface area (Å²) in [5.74, 6) is 0.924. The van der Waals surface area contributed by atoms with Crippen molar-refractivity contribution in [2.24, 2.45) is 7.05 Å². The van der Waals surface area contributed by atoms with Gasteiger partial charge in [-0.05, 0) is 41.6 Å². The van der Waals surface area contributed by atoms with E-state index in [9.17, 15) is 4.79 Å². The summed E-state index contributed by atoms with van der Waals surface area (Å²) >= 11 is 0. The molecule has 0 aliphatic rings. The highest BCUT2D eigenvalue weighted by Crippen LogP contribution is 2.18. The van der Waals surface area contributed by atoms with Gasteiger partial charge in [0.2, 0.25) is 5.82 Å². The number of aryl methyl sites for hydroxylation is 1. The smallest absolute Gasteiger partial charge is 0.258 e. The average Bonchev–Trinajstić information content (AvgIpc) is 3.06. The number of nitrogens with zero attached hydrogens (tertiary/aromatic N) is 5. The van der Waals surface area contributed by atoms with E-state index in [0.29, 0.717) is 18.1 Å². The highest BCUT2D eigenvalue weighted by Gasteiger charge is 2.06. The van der Waals surface area contributed by atoms with Crippen LogP contribution in [0.2, 0.25) is 0 Å². The molecule has 0 saturated carbocycles. The molecule has 0 fully saturated rings. The molecule has 3 aromatic rings. The second-order valence-corrected chi connectivity index (χ2v) is 5.01. The lowest BCUT2D eigenvalue weighted by Gasteiger charge is -2.07. The van der Waals surface area contributed by atoms with Crippen LogP contribution in [0.4, 0.5) is 0 Å². The van der Waals surface area contributed by atoms with Crippen molar-refractivity contribution >= 4 is 5.91 Å². The van der Waals surface area contributed by atoms with Crippen molar-refractivity contribution in [3.05, 3.63) is 54.4 Å². The molecule has 8 nitrogen and oxygen atoms in total. The highest BCUT2D eigenvalue weighted by molar-refractivity contribution is 5.77. The molecule has 1 amide bonds. The van der Waals surface area contributed by atoms with E-state index in [1.807, 2.05) is 30.3 Å². The summed E-state index contributed by atoms with van der Waals surface area (Å²) in [5, 5.41) is 14.6. The molecule has 24 heavy (non-hydrogen) atoms. The minimum absolute atomic E-state index is 0.0599. The van der Waals surface area contributed by atoms with Gasteiger partial charge < -0.3 is 10.1 Å². The Bertz CT molecular complexity index is 801. The molecule has 0 spiro atoms. The Morgan fingerprint density at radius 2 is 2.04 bits per heavy atom. The fraction of sp³-hybridized carbons (Fsp3) is 0.188. The Morgan fingerprint density at radius 3 is 2.71 bits per heavy atom. The largest absolute Gasteiger partial charge is 0.484 e. The lowest BCUT2D eigenvalue weighted by atomic mass is 10.2. The standard InChI is InChI=1S/C16H16N6O2/c1-22-20-16(19-21-22)12-5-7-14(8-6-12)24-11-15(23)18-10-13-4-2-3-9-17-13/h2-9H,10-11H2,1H3,(H,18,23). The first kappa shape index (κ1) is 15.6. The summed E-state index contributed by atoms with van der Waals surface area (Å²) in [7, 11) is 1.71. The van der Waals surface area contributed by atoms with Gasteiger partial charge in [-0.25, -0.2) is 0 Å². The summed E-state index contributed by atoms with van der Waals surface area (Å²) in [5.41, 5.74) is 1.63. The number of nitrogens with one attached hydrogen (secondary N) is 1. The Hall–Kier alpha value is -3.29. The van der Waals surface area contributed by atoms with Crippen LogP contribution in [-0.2, 0) is 18.4 Å². The van der Waals surface area contributed by atoms with Crippen molar-refractivity contribution < 1.29 is 9.53 Å². The third-order valence-corrected chi connectivity index (χ3v) is 3.18. The van der Waals surface area contributed by atoms with Crippen molar-refractivity contribution in [3.8, 4) is 17.1 Å². The molecule has 2 aromatic heterocycles. The molecule has 0 aliphatic carbocycles. The van der Waals surface area contributed by atoms with Crippen LogP contribution in [0.1, 0.15) is 5.69 Å². The lowest BCUT2D eigenvalue weighted by Crippen LogP contribution is -2.28. The third-order valence-electron chi connectivity index (χ3n) is 3.18. The molecule has 3 rings (SSSR count). The fourth-order valence-electron chi connectivity index (χ4n) is 1.99. The lowest BCUT2D eigenvalue weighted by molar-refractivity contribution is -0.123. The van der Waals surface area contributed by atoms with Crippen LogP contribution in [-0.4, -0.2) is 37.7 Å². The van der Waals surface area contributed by atoms with Crippen LogP contribution in [0.15, 0.2) is 48.7 Å². The Kier molecular flexibility index (Phi) is 4.76. The number of tetrazole rings is 1. The van der Waals surface area contributed by atoms with E-state index in [2.05, 4.69) is 25.7 Å². The molecule has 0 radical (unpaired) electrons. The first-order chi connectivity index (χ1) is 11.7. The number of amides is 1. The number of carbonyl (C=O) groups is 1. The molecule has 2 heterocycles. The van der Waals surface area contributed by atoms with Crippen molar-refractivity contribution in [1.29, 1.82) is 0 Å². The van der Waals surface area contributed by atoms with Crippen LogP contribution in [0, 0.1) is 0 Å². The quantitative estimate of drug-likeness (QED) is 0.726. The van der Waals surface area contributed by atoms with Crippen LogP contribution in [0.5, 0.6) is 5.75 Å². The Morgan fingerprint density at radius 1 is 1.21 bits per heavy atom. The van der Waals surface area contributed by atoms with Crippen molar-refractivity contribution in [2.75, 3.05) is 6.61 Å². The van der Waals surface area contributed by atoms with Gasteiger partial charge in [0.1, 0.15) is 5.75 Å². The van der Waals surface area contributed by atoms with E-state index in [1.54, 1.807) is 25.4 Å². The van der Waals surface area contributed by atoms with Crippen LogP contribution >= 0.6 is 0 Å². The van der Waals surface area contributed by atoms with Crippen LogP contribution < -0.4 is 10.1 Å². The molecule has 1 aromatic carbocycles. The van der Waals surface area contributed by atoms with Crippen molar-refractivity contribution in [2.45, 2.75) is 6.54 Å². The zero-order chi connectivity index (χ0) is 16.8. The number of aromatic nitrogens is 5. The minimum atomic E-state index is -0.208. The van der Waals surface area contributed by atoms with Crippen LogP contribution in [0.3, 0.4) is 0 Å². The maximum Gasteiger partial charge on any atom is 0.258 e. The molecule has 0 atom stereocenters. The fourth-order valence-corrected chi connectivity index (χ4v) is 1.99. The predicted molar refractivity (Wildman–Crippen MR) is 85.8 cm³/mol. The SMILES string of the molecule is Cn1nnc(-c2ccc(OCC(=O)NCc3ccccn3)cc2)n1. The van der Waals surface area contributed by atoms with E-state index < -0.39 is 0 Å². The summed E-state index contributed by atoms with van der Waals surface area (Å²) < 4.78 is 5.46. The molecular weight excluding hydrogens is 308 g/mol. The van der Waals surface area contributed by atoms with Gasteiger partial charge in [-0.3, -0.25) is 9.78 Å². The Labute approximate surface area is 138 Å². The van der Waals surface area contributed by atoms with Gasteiger partial charge in [-0.15, -0.1) is 10.2 Å². The van der Waals surface area contributed by atoms with Gasteiger partial charge in [0.25, 0.3) is 5.91 Å². The summed E-state index contributed by atoms with van der Waals surface area (Å²) in [6.07, 6.45) is 1.69. The number of pyridine rings is 1. The second kappa shape index (κ2) is 7.32. The van der Waals surface area contributed by atoms with E-state index in [-0.39, 0.29) is 12.5 Å².